The molecule has 0 aliphatic carbocycles. The van der Waals surface area contributed by atoms with E-state index in [9.17, 15) is 14.4 Å². The van der Waals surface area contributed by atoms with Gasteiger partial charge in [0.05, 0.1) is 18.1 Å². The minimum absolute atomic E-state index is 0.0159. The van der Waals surface area contributed by atoms with Crippen LogP contribution in [-0.2, 0) is 14.4 Å². The van der Waals surface area contributed by atoms with Crippen molar-refractivity contribution in [3.8, 4) is 0 Å². The zero-order valence-corrected chi connectivity index (χ0v) is 31.2. The summed E-state index contributed by atoms with van der Waals surface area (Å²) in [6, 6.07) is 25.6. The van der Waals surface area contributed by atoms with Crippen LogP contribution >= 0.6 is 0 Å². The second kappa shape index (κ2) is 18.3. The molecule has 0 spiro atoms. The number of likely N-dealkylation sites (tertiary alicyclic amines) is 3. The number of rotatable bonds is 9. The first-order valence-electron chi connectivity index (χ1n) is 18.3. The molecule has 9 heteroatoms. The smallest absolute Gasteiger partial charge is 0.217 e. The van der Waals surface area contributed by atoms with Crippen molar-refractivity contribution in [2.45, 2.75) is 70.5 Å². The lowest BCUT2D eigenvalue weighted by Gasteiger charge is -2.36. The van der Waals surface area contributed by atoms with E-state index in [-0.39, 0.29) is 29.9 Å². The van der Waals surface area contributed by atoms with Gasteiger partial charge in [-0.2, -0.15) is 0 Å². The van der Waals surface area contributed by atoms with Gasteiger partial charge < -0.3 is 30.7 Å². The first-order chi connectivity index (χ1) is 24.2. The van der Waals surface area contributed by atoms with E-state index in [0.717, 1.165) is 56.0 Å². The fourth-order valence-corrected chi connectivity index (χ4v) is 6.85. The Morgan fingerprint density at radius 3 is 1.06 bits per heavy atom. The van der Waals surface area contributed by atoms with Gasteiger partial charge in [-0.1, -0.05) is 72.8 Å². The third-order valence-electron chi connectivity index (χ3n) is 10.0. The molecule has 0 bridgehead atoms. The third kappa shape index (κ3) is 11.2. The Hall–Kier alpha value is -4.05. The summed E-state index contributed by atoms with van der Waals surface area (Å²) in [6.45, 7) is 15.9. The number of benzene rings is 3. The van der Waals surface area contributed by atoms with E-state index in [1.807, 2.05) is 32.9 Å². The van der Waals surface area contributed by atoms with Crippen molar-refractivity contribution < 1.29 is 15.8 Å². The molecule has 3 aromatic carbocycles. The maximum atomic E-state index is 11.0. The topological polar surface area (TPSA) is 97.0 Å². The summed E-state index contributed by atoms with van der Waals surface area (Å²) >= 11 is 0. The number of carbonyl (C=O) groups excluding carboxylic acids is 3. The van der Waals surface area contributed by atoms with Crippen molar-refractivity contribution in [3.63, 3.8) is 0 Å². The summed E-state index contributed by atoms with van der Waals surface area (Å²) in [7, 11) is 6.41. The Balaban J connectivity index is 0.000000172. The van der Waals surface area contributed by atoms with Gasteiger partial charge >= 0.3 is 0 Å². The summed E-state index contributed by atoms with van der Waals surface area (Å²) in [5.41, 5.74) is 7.54. The van der Waals surface area contributed by atoms with Crippen LogP contribution in [0.15, 0.2) is 72.8 Å². The number of nitrogens with one attached hydrogen (secondary N) is 3. The van der Waals surface area contributed by atoms with Gasteiger partial charge in [0.2, 0.25) is 18.2 Å². The van der Waals surface area contributed by atoms with Crippen molar-refractivity contribution in [3.05, 3.63) is 106 Å². The minimum atomic E-state index is -0.734. The van der Waals surface area contributed by atoms with E-state index in [4.69, 9.17) is 1.37 Å². The van der Waals surface area contributed by atoms with Crippen LogP contribution in [-0.4, -0.2) is 93.3 Å². The molecule has 6 rings (SSSR count). The monoisotopic (exact) mass is 684 g/mol. The summed E-state index contributed by atoms with van der Waals surface area (Å²) in [5.74, 6) is 2.05. The fraction of sp³-hybridized carbons (Fsp3) is 0.488. The highest BCUT2D eigenvalue weighted by molar-refractivity contribution is 5.73. The molecule has 0 radical (unpaired) electrons. The summed E-state index contributed by atoms with van der Waals surface area (Å²) in [5, 5.41) is 8.35. The van der Waals surface area contributed by atoms with Gasteiger partial charge in [0, 0.05) is 70.9 Å². The molecule has 0 aromatic heterocycles. The lowest BCUT2D eigenvalue weighted by molar-refractivity contribution is -0.120. The van der Waals surface area contributed by atoms with Crippen molar-refractivity contribution in [1.82, 2.24) is 30.7 Å². The fourth-order valence-electron chi connectivity index (χ4n) is 6.85. The summed E-state index contributed by atoms with van der Waals surface area (Å²) in [6.07, 6.45) is -0.734. The SMILES string of the molecule is CC(=O)N[C@@H](C)c1ccc(C2CN(C)C2)cc1.CC(=O)N[C@H](C)c1ccc(C2CN(C)C2)cc1.[3H]C(=O)NC(C)c1ccc(C2CN(C)C2)cc1. The number of amides is 3. The molecule has 3 amide bonds. The molecule has 3 aliphatic rings. The lowest BCUT2D eigenvalue weighted by Crippen LogP contribution is -2.41. The normalized spacial score (nSPS) is 18.9. The second-order valence-electron chi connectivity index (χ2n) is 14.6. The average molecular weight is 685 g/mol. The molecule has 0 saturated carbocycles. The predicted molar refractivity (Wildman–Crippen MR) is 202 cm³/mol. The van der Waals surface area contributed by atoms with Crippen LogP contribution < -0.4 is 16.0 Å². The van der Waals surface area contributed by atoms with Crippen LogP contribution in [0, 0.1) is 0 Å². The van der Waals surface area contributed by atoms with Gasteiger partial charge in [0.25, 0.3) is 0 Å². The number of hydrogen-bond donors (Lipinski definition) is 3. The molecule has 9 nitrogen and oxygen atoms in total. The van der Waals surface area contributed by atoms with Crippen molar-refractivity contribution in [2.24, 2.45) is 0 Å². The standard InChI is InChI=1S/2C14H20N2O.C13H18N2O/c2*1-10(15-11(2)17)12-4-6-13(7-5-12)14-8-16(3)9-14;1-10(14-9-16)11-3-5-12(6-4-11)13-7-15(2)8-13/h2*4-7,10,14H,8-9H2,1-3H3,(H,15,17);3-6,9-10,13H,7-8H2,1-2H3,(H,14,16)/t2*10-;/m10./s1/i;;9T. The van der Waals surface area contributed by atoms with Crippen LogP contribution in [0.25, 0.3) is 0 Å². The molecular formula is C41H58N6O3. The quantitative estimate of drug-likeness (QED) is 0.263. The first kappa shape index (κ1) is 37.2. The second-order valence-corrected chi connectivity index (χ2v) is 14.6. The molecule has 3 atom stereocenters. The van der Waals surface area contributed by atoms with E-state index in [2.05, 4.69) is 112 Å². The summed E-state index contributed by atoms with van der Waals surface area (Å²) < 4.78 is 6.87. The zero-order chi connectivity index (χ0) is 37.2. The Bertz CT molecular complexity index is 1380. The van der Waals surface area contributed by atoms with Crippen LogP contribution in [0.1, 0.15) is 105 Å². The highest BCUT2D eigenvalue weighted by Crippen LogP contribution is 2.28. The first-order valence-corrected chi connectivity index (χ1v) is 17.8. The van der Waals surface area contributed by atoms with Gasteiger partial charge in [-0.25, -0.2) is 0 Å². The molecule has 3 heterocycles. The van der Waals surface area contributed by atoms with Gasteiger partial charge in [0.1, 0.15) is 1.37 Å². The van der Waals surface area contributed by atoms with E-state index in [1.165, 1.54) is 16.7 Å². The van der Waals surface area contributed by atoms with E-state index in [0.29, 0.717) is 17.8 Å². The van der Waals surface area contributed by atoms with Crippen molar-refractivity contribution >= 4 is 18.2 Å². The Labute approximate surface area is 301 Å². The van der Waals surface area contributed by atoms with Crippen LogP contribution in [0.3, 0.4) is 0 Å². The van der Waals surface area contributed by atoms with Crippen molar-refractivity contribution in [2.75, 3.05) is 60.4 Å². The molecule has 1 unspecified atom stereocenters. The van der Waals surface area contributed by atoms with Gasteiger partial charge in [-0.05, 0) is 75.3 Å². The maximum absolute atomic E-state index is 11.0. The number of nitrogens with zero attached hydrogens (tertiary/aromatic N) is 3. The van der Waals surface area contributed by atoms with E-state index < -0.39 is 6.39 Å². The molecule has 50 heavy (non-hydrogen) atoms. The molecule has 3 saturated heterocycles. The largest absolute Gasteiger partial charge is 0.352 e. The van der Waals surface area contributed by atoms with Crippen LogP contribution in [0.2, 0.25) is 0 Å². The van der Waals surface area contributed by atoms with E-state index in [1.54, 1.807) is 13.8 Å². The van der Waals surface area contributed by atoms with E-state index >= 15 is 0 Å². The number of carbonyl (C=O) groups is 3. The molecular weight excluding hydrogens is 624 g/mol. The Morgan fingerprint density at radius 2 is 0.840 bits per heavy atom. The molecule has 3 N–H and O–H groups in total. The molecule has 3 aromatic rings. The lowest BCUT2D eigenvalue weighted by atomic mass is 9.91. The van der Waals surface area contributed by atoms with Crippen LogP contribution in [0.5, 0.6) is 0 Å². The van der Waals surface area contributed by atoms with Crippen LogP contribution in [0.4, 0.5) is 0 Å². The number of hydrogen-bond acceptors (Lipinski definition) is 6. The predicted octanol–water partition coefficient (Wildman–Crippen LogP) is 5.35. The van der Waals surface area contributed by atoms with Gasteiger partial charge in [-0.15, -0.1) is 0 Å². The van der Waals surface area contributed by atoms with Crippen molar-refractivity contribution in [1.29, 1.82) is 0 Å². The minimum Gasteiger partial charge on any atom is -0.352 e. The number of likely N-dealkylation sites (N-methyl/N-ethyl adjacent to an activating group) is 3. The average Bonchev–Trinajstić information content (AvgIpc) is 3.04. The molecule has 270 valence electrons. The van der Waals surface area contributed by atoms with Gasteiger partial charge in [-0.3, -0.25) is 14.4 Å². The zero-order valence-electron chi connectivity index (χ0n) is 32.2. The maximum Gasteiger partial charge on any atom is 0.217 e. The van der Waals surface area contributed by atoms with Gasteiger partial charge in [0.15, 0.2) is 0 Å². The summed E-state index contributed by atoms with van der Waals surface area (Å²) in [4.78, 5) is 39.5. The highest BCUT2D eigenvalue weighted by atomic mass is 16.2. The Kier molecular flexibility index (Phi) is 13.6. The Morgan fingerprint density at radius 1 is 0.580 bits per heavy atom. The highest BCUT2D eigenvalue weighted by Gasteiger charge is 2.26. The molecule has 3 aliphatic heterocycles. The molecule has 3 fully saturated rings. The third-order valence-corrected chi connectivity index (χ3v) is 10.0.